The Bertz CT molecular complexity index is 1750. The van der Waals surface area contributed by atoms with E-state index in [4.69, 9.17) is 16.3 Å². The molecular weight excluding hydrogens is 516 g/mol. The van der Waals surface area contributed by atoms with E-state index in [-0.39, 0.29) is 17.0 Å². The molecule has 9 nitrogen and oxygen atoms in total. The fraction of sp³-hybridized carbons (Fsp3) is 0.154. The zero-order chi connectivity index (χ0) is 26.3. The van der Waals surface area contributed by atoms with Gasteiger partial charge < -0.3 is 9.29 Å². The largest absolute Gasteiger partial charge is 0.468 e. The molecular formula is C26H21ClN4O5S. The van der Waals surface area contributed by atoms with Crippen LogP contribution < -0.4 is 5.56 Å². The van der Waals surface area contributed by atoms with Gasteiger partial charge in [0.1, 0.15) is 5.92 Å². The lowest BCUT2D eigenvalue weighted by molar-refractivity contribution is -0.141. The molecule has 3 aromatic heterocycles. The third-order valence-corrected chi connectivity index (χ3v) is 6.92. The molecule has 0 spiro atoms. The monoisotopic (exact) mass is 536 g/mol. The van der Waals surface area contributed by atoms with Crippen LogP contribution in [0.1, 0.15) is 11.6 Å². The molecule has 0 fully saturated rings. The third kappa shape index (κ3) is 4.78. The first kappa shape index (κ1) is 24.8. The number of aromatic nitrogens is 4. The van der Waals surface area contributed by atoms with Crippen molar-refractivity contribution in [1.29, 1.82) is 0 Å². The second-order valence-corrected chi connectivity index (χ2v) is 9.88. The quantitative estimate of drug-likeness (QED) is 0.257. The van der Waals surface area contributed by atoms with E-state index in [0.29, 0.717) is 32.7 Å². The molecule has 5 rings (SSSR count). The van der Waals surface area contributed by atoms with Crippen molar-refractivity contribution in [2.24, 2.45) is 7.05 Å². The van der Waals surface area contributed by atoms with Gasteiger partial charge in [0.15, 0.2) is 11.1 Å². The molecule has 3 heterocycles. The van der Waals surface area contributed by atoms with E-state index < -0.39 is 23.0 Å². The smallest absolute Gasteiger partial charge is 0.315 e. The van der Waals surface area contributed by atoms with Crippen LogP contribution in [0.5, 0.6) is 0 Å². The van der Waals surface area contributed by atoms with Gasteiger partial charge in [0.05, 0.1) is 35.2 Å². The Balaban J connectivity index is 1.78. The van der Waals surface area contributed by atoms with Crippen LogP contribution in [0.25, 0.3) is 38.6 Å². The first-order valence-corrected chi connectivity index (χ1v) is 12.8. The van der Waals surface area contributed by atoms with Crippen molar-refractivity contribution in [3.05, 3.63) is 88.1 Å². The van der Waals surface area contributed by atoms with Crippen molar-refractivity contribution in [2.45, 2.75) is 5.92 Å². The van der Waals surface area contributed by atoms with Crippen LogP contribution in [0.2, 0.25) is 5.02 Å². The molecule has 0 bridgehead atoms. The summed E-state index contributed by atoms with van der Waals surface area (Å²) in [6, 6.07) is 15.7. The van der Waals surface area contributed by atoms with Gasteiger partial charge in [0.25, 0.3) is 5.56 Å². The number of nitrogens with zero attached hydrogens (tertiary/aromatic N) is 4. The first-order chi connectivity index (χ1) is 17.7. The predicted octanol–water partition coefficient (Wildman–Crippen LogP) is 4.07. The van der Waals surface area contributed by atoms with E-state index >= 15 is 0 Å². The highest BCUT2D eigenvalue weighted by molar-refractivity contribution is 7.79. The Morgan fingerprint density at radius 2 is 1.86 bits per heavy atom. The van der Waals surface area contributed by atoms with Crippen molar-refractivity contribution in [2.75, 3.05) is 12.9 Å². The fourth-order valence-electron chi connectivity index (χ4n) is 4.32. The lowest BCUT2D eigenvalue weighted by Crippen LogP contribution is -2.23. The fourth-order valence-corrected chi connectivity index (χ4v) is 5.03. The van der Waals surface area contributed by atoms with Gasteiger partial charge in [-0.25, -0.2) is 4.21 Å². The van der Waals surface area contributed by atoms with Crippen LogP contribution in [0.15, 0.2) is 71.8 Å². The van der Waals surface area contributed by atoms with Crippen molar-refractivity contribution in [1.82, 2.24) is 19.3 Å². The normalized spacial score (nSPS) is 13.1. The number of ether oxygens (including phenoxy) is 1. The zero-order valence-electron chi connectivity index (χ0n) is 19.8. The highest BCUT2D eigenvalue weighted by Gasteiger charge is 2.26. The van der Waals surface area contributed by atoms with Crippen molar-refractivity contribution in [3.63, 3.8) is 0 Å². The minimum Gasteiger partial charge on any atom is -0.468 e. The summed E-state index contributed by atoms with van der Waals surface area (Å²) < 4.78 is 29.1. The van der Waals surface area contributed by atoms with Crippen LogP contribution in [0, 0.1) is 0 Å². The maximum Gasteiger partial charge on any atom is 0.315 e. The van der Waals surface area contributed by atoms with Gasteiger partial charge in [0.2, 0.25) is 0 Å². The molecule has 188 valence electrons. The number of aryl methyl sites for hydroxylation is 1. The molecule has 0 aliphatic rings. The lowest BCUT2D eigenvalue weighted by Gasteiger charge is -2.16. The summed E-state index contributed by atoms with van der Waals surface area (Å²) in [5.41, 5.74) is 2.58. The third-order valence-electron chi connectivity index (χ3n) is 6.05. The summed E-state index contributed by atoms with van der Waals surface area (Å²) in [7, 11) is 3.03. The molecule has 37 heavy (non-hydrogen) atoms. The molecule has 2 aromatic carbocycles. The van der Waals surface area contributed by atoms with Gasteiger partial charge in [-0.2, -0.15) is 5.10 Å². The Hall–Kier alpha value is -3.86. The maximum absolute atomic E-state index is 13.9. The zero-order valence-corrected chi connectivity index (χ0v) is 21.4. The van der Waals surface area contributed by atoms with E-state index in [1.807, 2.05) is 31.4 Å². The standard InChI is InChI=1S/C26H21ClN4O5S/c1-30-12-17-11-19(8-10-21(17)29-30)31-13-16-5-9-22(20(14-37(34)35)26(33)36-2)28-24(16)23(25(31)32)15-3-6-18(27)7-4-15/h3-13,20H,14H2,1-2H3,(H,34,35). The summed E-state index contributed by atoms with van der Waals surface area (Å²) in [6.07, 6.45) is 3.56. The molecule has 1 N–H and O–H groups in total. The SMILES string of the molecule is COC(=O)C(CS(=O)O)c1ccc2cn(-c3ccc4nn(C)cc4c3)c(=O)c(-c3ccc(Cl)cc3)c2n1. The van der Waals surface area contributed by atoms with Gasteiger partial charge >= 0.3 is 5.97 Å². The topological polar surface area (TPSA) is 116 Å². The summed E-state index contributed by atoms with van der Waals surface area (Å²) in [6.45, 7) is 0. The average molecular weight is 537 g/mol. The Kier molecular flexibility index (Phi) is 6.63. The van der Waals surface area contributed by atoms with Crippen molar-refractivity contribution >= 4 is 50.5 Å². The van der Waals surface area contributed by atoms with Crippen LogP contribution in [-0.2, 0) is 27.7 Å². The maximum atomic E-state index is 13.9. The summed E-state index contributed by atoms with van der Waals surface area (Å²) in [5, 5.41) is 6.42. The van der Waals surface area contributed by atoms with E-state index in [9.17, 15) is 18.4 Å². The number of carbonyl (C=O) groups excluding carboxylic acids is 1. The number of fused-ring (bicyclic) bond motifs is 2. The molecule has 0 aliphatic carbocycles. The summed E-state index contributed by atoms with van der Waals surface area (Å²) in [4.78, 5) is 31.0. The van der Waals surface area contributed by atoms with E-state index in [2.05, 4.69) is 10.1 Å². The van der Waals surface area contributed by atoms with Gasteiger partial charge in [0, 0.05) is 40.9 Å². The van der Waals surface area contributed by atoms with Crippen molar-refractivity contribution in [3.8, 4) is 16.8 Å². The van der Waals surface area contributed by atoms with Gasteiger partial charge in [-0.3, -0.25) is 23.8 Å². The summed E-state index contributed by atoms with van der Waals surface area (Å²) >= 11 is 3.83. The molecule has 11 heteroatoms. The number of benzene rings is 2. The van der Waals surface area contributed by atoms with E-state index in [0.717, 1.165) is 10.9 Å². The highest BCUT2D eigenvalue weighted by atomic mass is 35.5. The number of halogens is 1. The van der Waals surface area contributed by atoms with Gasteiger partial charge in [-0.1, -0.05) is 23.7 Å². The molecule has 2 atom stereocenters. The molecule has 2 unspecified atom stereocenters. The number of pyridine rings is 2. The number of hydrogen-bond acceptors (Lipinski definition) is 6. The Morgan fingerprint density at radius 3 is 2.57 bits per heavy atom. The number of carbonyl (C=O) groups is 1. The van der Waals surface area contributed by atoms with E-state index in [1.54, 1.807) is 51.8 Å². The Morgan fingerprint density at radius 1 is 1.11 bits per heavy atom. The minimum absolute atomic E-state index is 0.228. The Labute approximate surface area is 218 Å². The van der Waals surface area contributed by atoms with Gasteiger partial charge in [-0.05, 0) is 48.0 Å². The van der Waals surface area contributed by atoms with Crippen molar-refractivity contribution < 1.29 is 18.3 Å². The second-order valence-electron chi connectivity index (χ2n) is 8.47. The molecule has 5 aromatic rings. The molecule has 0 radical (unpaired) electrons. The molecule has 0 aliphatic heterocycles. The molecule has 0 amide bonds. The predicted molar refractivity (Wildman–Crippen MR) is 142 cm³/mol. The van der Waals surface area contributed by atoms with Crippen LogP contribution >= 0.6 is 11.6 Å². The van der Waals surface area contributed by atoms with Crippen LogP contribution in [0.4, 0.5) is 0 Å². The average Bonchev–Trinajstić information content (AvgIpc) is 3.26. The highest BCUT2D eigenvalue weighted by Crippen LogP contribution is 2.29. The number of hydrogen-bond donors (Lipinski definition) is 1. The number of esters is 1. The molecule has 0 saturated heterocycles. The van der Waals surface area contributed by atoms with Gasteiger partial charge in [-0.15, -0.1) is 0 Å². The minimum atomic E-state index is -2.27. The number of rotatable bonds is 6. The first-order valence-electron chi connectivity index (χ1n) is 11.2. The number of methoxy groups -OCH3 is 1. The van der Waals surface area contributed by atoms with Crippen LogP contribution in [-0.4, -0.2) is 46.9 Å². The molecule has 0 saturated carbocycles. The van der Waals surface area contributed by atoms with E-state index in [1.165, 1.54) is 7.11 Å². The lowest BCUT2D eigenvalue weighted by atomic mass is 10.0. The second kappa shape index (κ2) is 9.89. The summed E-state index contributed by atoms with van der Waals surface area (Å²) in [5.74, 6) is -2.15. The van der Waals surface area contributed by atoms with Crippen LogP contribution in [0.3, 0.4) is 0 Å².